The summed E-state index contributed by atoms with van der Waals surface area (Å²) in [6, 6.07) is 7.32. The summed E-state index contributed by atoms with van der Waals surface area (Å²) >= 11 is 0. The van der Waals surface area contributed by atoms with Crippen LogP contribution in [0, 0.1) is 0 Å². The predicted molar refractivity (Wildman–Crippen MR) is 116 cm³/mol. The lowest BCUT2D eigenvalue weighted by Crippen LogP contribution is -2.36. The maximum Gasteiger partial charge on any atom is 0.122 e. The molecule has 3 atom stereocenters. The number of likely N-dealkylation sites (tertiary alicyclic amines) is 1. The van der Waals surface area contributed by atoms with Crippen molar-refractivity contribution in [3.8, 4) is 5.75 Å². The molecule has 27 heavy (non-hydrogen) atoms. The van der Waals surface area contributed by atoms with Gasteiger partial charge in [0.1, 0.15) is 5.75 Å². The second-order valence-electron chi connectivity index (χ2n) is 8.34. The quantitative estimate of drug-likeness (QED) is 0.613. The van der Waals surface area contributed by atoms with Crippen molar-refractivity contribution in [2.24, 2.45) is 0 Å². The van der Waals surface area contributed by atoms with Gasteiger partial charge in [0.15, 0.2) is 0 Å². The van der Waals surface area contributed by atoms with Crippen molar-refractivity contribution in [3.05, 3.63) is 65.8 Å². The third-order valence-corrected chi connectivity index (χ3v) is 6.64. The summed E-state index contributed by atoms with van der Waals surface area (Å²) in [5, 5.41) is 0. The zero-order valence-corrected chi connectivity index (χ0v) is 17.7. The van der Waals surface area contributed by atoms with Crippen LogP contribution in [0.4, 0.5) is 0 Å². The molecule has 1 aliphatic heterocycles. The van der Waals surface area contributed by atoms with E-state index in [1.54, 1.807) is 5.56 Å². The highest BCUT2D eigenvalue weighted by atomic mass is 16.5. The molecule has 3 aliphatic rings. The highest BCUT2D eigenvalue weighted by molar-refractivity contribution is 5.56. The van der Waals surface area contributed by atoms with Crippen molar-refractivity contribution in [2.75, 3.05) is 20.2 Å². The van der Waals surface area contributed by atoms with Crippen molar-refractivity contribution >= 4 is 0 Å². The summed E-state index contributed by atoms with van der Waals surface area (Å²) in [7, 11) is 1.82. The molecule has 1 saturated heterocycles. The van der Waals surface area contributed by atoms with E-state index in [2.05, 4.69) is 61.8 Å². The lowest BCUT2D eigenvalue weighted by Gasteiger charge is -2.36. The molecule has 1 aromatic rings. The average molecular weight is 366 g/mol. The van der Waals surface area contributed by atoms with Crippen LogP contribution in [0.15, 0.2) is 54.7 Å². The molecule has 4 rings (SSSR count). The number of methoxy groups -OCH3 is 1. The van der Waals surface area contributed by atoms with Gasteiger partial charge in [-0.1, -0.05) is 63.8 Å². The first-order chi connectivity index (χ1) is 13.0. The molecule has 0 N–H and O–H groups in total. The molecule has 146 valence electrons. The molecule has 3 bridgehead atoms. The van der Waals surface area contributed by atoms with Crippen molar-refractivity contribution in [3.63, 3.8) is 0 Å². The molecule has 2 nitrogen and oxygen atoms in total. The second-order valence-corrected chi connectivity index (χ2v) is 8.34. The van der Waals surface area contributed by atoms with Gasteiger partial charge < -0.3 is 4.74 Å². The average Bonchev–Trinajstić information content (AvgIpc) is 3.06. The van der Waals surface area contributed by atoms with E-state index < -0.39 is 0 Å². The standard InChI is InChI=1S/C23H29NO.C2H6/c1-5-7-9-17(6-2)14-24-16-23-13-18(24)12-22(3,15-23)19-10-8-11-20(25-4)21(19)23;1-2/h5-11,18H,2,12-16H2,1,3-4H3;1-2H3/b7-5-,17-9+;. The Balaban J connectivity index is 0.00000102. The van der Waals surface area contributed by atoms with Gasteiger partial charge in [0.2, 0.25) is 0 Å². The largest absolute Gasteiger partial charge is 0.496 e. The van der Waals surface area contributed by atoms with Crippen LogP contribution in [0.2, 0.25) is 0 Å². The van der Waals surface area contributed by atoms with Crippen LogP contribution in [0.5, 0.6) is 5.75 Å². The zero-order chi connectivity index (χ0) is 19.7. The lowest BCUT2D eigenvalue weighted by molar-refractivity contribution is 0.220. The summed E-state index contributed by atoms with van der Waals surface area (Å²) < 4.78 is 5.79. The Kier molecular flexibility index (Phi) is 5.67. The van der Waals surface area contributed by atoms with Gasteiger partial charge in [0.25, 0.3) is 0 Å². The minimum Gasteiger partial charge on any atom is -0.496 e. The summed E-state index contributed by atoms with van der Waals surface area (Å²) in [6.45, 7) is 14.7. The van der Waals surface area contributed by atoms with Gasteiger partial charge in [-0.25, -0.2) is 0 Å². The fraction of sp³-hybridized carbons (Fsp3) is 0.520. The molecule has 2 aliphatic carbocycles. The summed E-state index contributed by atoms with van der Waals surface area (Å²) in [4.78, 5) is 2.69. The number of rotatable bonds is 5. The van der Waals surface area contributed by atoms with E-state index in [0.717, 1.165) is 18.8 Å². The Morgan fingerprint density at radius 3 is 2.78 bits per heavy atom. The van der Waals surface area contributed by atoms with Gasteiger partial charge in [0, 0.05) is 30.1 Å². The monoisotopic (exact) mass is 365 g/mol. The first-order valence-corrected chi connectivity index (χ1v) is 10.4. The van der Waals surface area contributed by atoms with Crippen molar-refractivity contribution in [1.29, 1.82) is 0 Å². The fourth-order valence-corrected chi connectivity index (χ4v) is 5.88. The highest BCUT2D eigenvalue weighted by Gasteiger charge is 2.61. The van der Waals surface area contributed by atoms with Crippen LogP contribution < -0.4 is 4.74 Å². The summed E-state index contributed by atoms with van der Waals surface area (Å²) in [6.07, 6.45) is 12.2. The van der Waals surface area contributed by atoms with Crippen LogP contribution in [-0.4, -0.2) is 31.1 Å². The van der Waals surface area contributed by atoms with Crippen LogP contribution in [-0.2, 0) is 10.8 Å². The Hall–Kier alpha value is -1.80. The maximum absolute atomic E-state index is 5.79. The van der Waals surface area contributed by atoms with E-state index in [1.165, 1.54) is 30.4 Å². The number of benzene rings is 1. The molecule has 0 aromatic heterocycles. The molecule has 2 heteroatoms. The number of nitrogens with zero attached hydrogens (tertiary/aromatic N) is 1. The van der Waals surface area contributed by atoms with E-state index in [-0.39, 0.29) is 5.41 Å². The van der Waals surface area contributed by atoms with E-state index in [4.69, 9.17) is 4.74 Å². The number of hydrogen-bond acceptors (Lipinski definition) is 2. The van der Waals surface area contributed by atoms with E-state index in [1.807, 2.05) is 27.0 Å². The van der Waals surface area contributed by atoms with Crippen LogP contribution in [0.1, 0.15) is 58.1 Å². The van der Waals surface area contributed by atoms with Gasteiger partial charge in [-0.05, 0) is 48.8 Å². The minimum atomic E-state index is 0.270. The van der Waals surface area contributed by atoms with Gasteiger partial charge in [-0.2, -0.15) is 0 Å². The topological polar surface area (TPSA) is 12.5 Å². The predicted octanol–water partition coefficient (Wildman–Crippen LogP) is 5.79. The molecule has 1 heterocycles. The Bertz CT molecular complexity index is 762. The van der Waals surface area contributed by atoms with Crippen LogP contribution in [0.25, 0.3) is 0 Å². The molecule has 2 fully saturated rings. The normalized spacial score (nSPS) is 31.4. The Morgan fingerprint density at radius 2 is 2.11 bits per heavy atom. The van der Waals surface area contributed by atoms with E-state index >= 15 is 0 Å². The third kappa shape index (κ3) is 3.18. The number of fused-ring (bicyclic) bond motifs is 4. The molecule has 3 unspecified atom stereocenters. The SMILES string of the molecule is C=C/C(=C\C=C/C)CN1CC23CC1CC(C)(C2)c1cccc(OC)c13.CC. The number of ether oxygens (including phenoxy) is 1. The Morgan fingerprint density at radius 1 is 1.33 bits per heavy atom. The number of hydrogen-bond donors (Lipinski definition) is 0. The molecule has 0 amide bonds. The number of allylic oxidation sites excluding steroid dienone is 3. The van der Waals surface area contributed by atoms with E-state index in [9.17, 15) is 0 Å². The fourth-order valence-electron chi connectivity index (χ4n) is 5.88. The first kappa shape index (κ1) is 19.9. The molecule has 1 spiro atoms. The van der Waals surface area contributed by atoms with Gasteiger partial charge in [-0.15, -0.1) is 0 Å². The smallest absolute Gasteiger partial charge is 0.122 e. The third-order valence-electron chi connectivity index (χ3n) is 6.64. The Labute approximate surface area is 165 Å². The van der Waals surface area contributed by atoms with Gasteiger partial charge in [0.05, 0.1) is 7.11 Å². The van der Waals surface area contributed by atoms with Gasteiger partial charge >= 0.3 is 0 Å². The molecule has 0 radical (unpaired) electrons. The first-order valence-electron chi connectivity index (χ1n) is 10.4. The van der Waals surface area contributed by atoms with E-state index in [0.29, 0.717) is 11.5 Å². The molecule has 1 aromatic carbocycles. The summed E-state index contributed by atoms with van der Waals surface area (Å²) in [5.74, 6) is 1.09. The van der Waals surface area contributed by atoms with Crippen LogP contribution >= 0.6 is 0 Å². The summed E-state index contributed by atoms with van der Waals surface area (Å²) in [5.41, 5.74) is 4.92. The van der Waals surface area contributed by atoms with Crippen LogP contribution in [0.3, 0.4) is 0 Å². The molecular formula is C25H35NO. The maximum atomic E-state index is 5.79. The van der Waals surface area contributed by atoms with Crippen molar-refractivity contribution in [1.82, 2.24) is 4.90 Å². The second kappa shape index (κ2) is 7.67. The molecular weight excluding hydrogens is 330 g/mol. The lowest BCUT2D eigenvalue weighted by atomic mass is 9.68. The highest BCUT2D eigenvalue weighted by Crippen LogP contribution is 2.64. The zero-order valence-electron chi connectivity index (χ0n) is 17.7. The molecule has 1 saturated carbocycles. The minimum absolute atomic E-state index is 0.270. The van der Waals surface area contributed by atoms with Crippen molar-refractivity contribution < 1.29 is 4.74 Å². The van der Waals surface area contributed by atoms with Gasteiger partial charge in [-0.3, -0.25) is 4.90 Å². The van der Waals surface area contributed by atoms with Crippen molar-refractivity contribution in [2.45, 2.75) is 63.8 Å².